The van der Waals surface area contributed by atoms with E-state index in [0.717, 1.165) is 0 Å². The summed E-state index contributed by atoms with van der Waals surface area (Å²) in [6.45, 7) is 2.16. The number of benzene rings is 1. The molecule has 0 aliphatic heterocycles. The maximum atomic E-state index is 3.28. The van der Waals surface area contributed by atoms with Crippen LogP contribution in [0, 0.1) is 0 Å². The van der Waals surface area contributed by atoms with Crippen LogP contribution in [0.4, 0.5) is 0 Å². The fraction of sp³-hybridized carbons (Fsp3) is 0.333. The topological polar surface area (TPSA) is 12.0 Å². The lowest BCUT2D eigenvalue weighted by Gasteiger charge is -2.10. The zero-order valence-corrected chi connectivity index (χ0v) is 7.69. The summed E-state index contributed by atoms with van der Waals surface area (Å²) < 4.78 is 3.28. The van der Waals surface area contributed by atoms with Gasteiger partial charge in [0, 0.05) is 6.04 Å². The largest absolute Gasteiger partial charge is 0.257 e. The van der Waals surface area contributed by atoms with E-state index >= 15 is 0 Å². The van der Waals surface area contributed by atoms with Crippen LogP contribution in [0.1, 0.15) is 18.5 Å². The van der Waals surface area contributed by atoms with Crippen LogP contribution in [0.2, 0.25) is 0 Å². The molecular weight excluding hydrogens is 154 g/mol. The second-order valence-electron chi connectivity index (χ2n) is 2.45. The second-order valence-corrected chi connectivity index (χ2v) is 3.10. The molecule has 60 valence electrons. The number of rotatable bonds is 3. The molecule has 0 saturated heterocycles. The molecule has 1 nitrogen and oxygen atoms in total. The van der Waals surface area contributed by atoms with Gasteiger partial charge in [-0.1, -0.05) is 42.3 Å². The van der Waals surface area contributed by atoms with Gasteiger partial charge in [-0.2, -0.15) is 0 Å². The first kappa shape index (κ1) is 8.62. The zero-order valence-electron chi connectivity index (χ0n) is 6.87. The van der Waals surface area contributed by atoms with Gasteiger partial charge in [-0.3, -0.25) is 4.72 Å². The molecule has 0 amide bonds. The predicted molar refractivity (Wildman–Crippen MR) is 51.5 cm³/mol. The van der Waals surface area contributed by atoms with Crippen LogP contribution in [-0.2, 0) is 0 Å². The second kappa shape index (κ2) is 4.42. The highest BCUT2D eigenvalue weighted by molar-refractivity contribution is 7.96. The minimum Gasteiger partial charge on any atom is -0.257 e. The van der Waals surface area contributed by atoms with Gasteiger partial charge in [0.25, 0.3) is 0 Å². The molecule has 1 N–H and O–H groups in total. The molecule has 1 atom stereocenters. The van der Waals surface area contributed by atoms with Gasteiger partial charge in [0.15, 0.2) is 0 Å². The molecule has 0 aromatic heterocycles. The Morgan fingerprint density at radius 2 is 1.91 bits per heavy atom. The quantitative estimate of drug-likeness (QED) is 0.694. The van der Waals surface area contributed by atoms with Crippen molar-refractivity contribution in [3.05, 3.63) is 35.9 Å². The fourth-order valence-electron chi connectivity index (χ4n) is 0.987. The summed E-state index contributed by atoms with van der Waals surface area (Å²) in [5, 5.41) is 0. The van der Waals surface area contributed by atoms with Crippen LogP contribution in [0.5, 0.6) is 0 Å². The molecule has 0 fully saturated rings. The van der Waals surface area contributed by atoms with Crippen molar-refractivity contribution in [1.29, 1.82) is 0 Å². The monoisotopic (exact) mass is 167 g/mol. The first-order valence-corrected chi connectivity index (χ1v) is 4.90. The van der Waals surface area contributed by atoms with E-state index in [-0.39, 0.29) is 0 Å². The Labute approximate surface area is 72.3 Å². The lowest BCUT2D eigenvalue weighted by atomic mass is 10.1. The molecule has 0 aliphatic carbocycles. The van der Waals surface area contributed by atoms with Gasteiger partial charge in [-0.25, -0.2) is 0 Å². The molecule has 0 spiro atoms. The Balaban J connectivity index is 2.61. The van der Waals surface area contributed by atoms with E-state index in [1.165, 1.54) is 5.56 Å². The summed E-state index contributed by atoms with van der Waals surface area (Å²) in [4.78, 5) is 0. The van der Waals surface area contributed by atoms with Crippen molar-refractivity contribution < 1.29 is 0 Å². The van der Waals surface area contributed by atoms with Gasteiger partial charge in [-0.05, 0) is 18.7 Å². The van der Waals surface area contributed by atoms with Crippen LogP contribution >= 0.6 is 11.9 Å². The first-order chi connectivity index (χ1) is 5.34. The van der Waals surface area contributed by atoms with E-state index in [9.17, 15) is 0 Å². The van der Waals surface area contributed by atoms with Gasteiger partial charge in [-0.15, -0.1) is 0 Å². The molecule has 0 aliphatic rings. The summed E-state index contributed by atoms with van der Waals surface area (Å²) in [6, 6.07) is 10.9. The lowest BCUT2D eigenvalue weighted by molar-refractivity contribution is 0.756. The maximum absolute atomic E-state index is 3.28. The van der Waals surface area contributed by atoms with Crippen LogP contribution in [0.3, 0.4) is 0 Å². The van der Waals surface area contributed by atoms with Crippen molar-refractivity contribution in [2.75, 3.05) is 6.26 Å². The first-order valence-electron chi connectivity index (χ1n) is 3.68. The number of hydrogen-bond donors (Lipinski definition) is 1. The van der Waals surface area contributed by atoms with Gasteiger partial charge in [0.05, 0.1) is 0 Å². The SMILES string of the molecule is CSN[C@H](C)c1ccccc1. The van der Waals surface area contributed by atoms with Crippen LogP contribution in [-0.4, -0.2) is 6.26 Å². The maximum Gasteiger partial charge on any atom is 0.0393 e. The summed E-state index contributed by atoms with van der Waals surface area (Å²) in [6.07, 6.45) is 2.04. The Bertz CT molecular complexity index is 198. The third-order valence-corrected chi connectivity index (χ3v) is 2.18. The molecule has 0 bridgehead atoms. The van der Waals surface area contributed by atoms with Crippen molar-refractivity contribution in [3.63, 3.8) is 0 Å². The average molecular weight is 167 g/mol. The lowest BCUT2D eigenvalue weighted by Crippen LogP contribution is -2.08. The van der Waals surface area contributed by atoms with E-state index in [2.05, 4.69) is 35.9 Å². The normalized spacial score (nSPS) is 12.9. The van der Waals surface area contributed by atoms with Crippen molar-refractivity contribution in [2.45, 2.75) is 13.0 Å². The molecule has 0 unspecified atom stereocenters. The average Bonchev–Trinajstić information content (AvgIpc) is 2.07. The molecular formula is C9H13NS. The molecule has 11 heavy (non-hydrogen) atoms. The van der Waals surface area contributed by atoms with E-state index in [1.54, 1.807) is 11.9 Å². The number of hydrogen-bond acceptors (Lipinski definition) is 2. The molecule has 0 radical (unpaired) electrons. The Kier molecular flexibility index (Phi) is 3.46. The summed E-state index contributed by atoms with van der Waals surface area (Å²) in [7, 11) is 0. The van der Waals surface area contributed by atoms with Gasteiger partial charge in [0.1, 0.15) is 0 Å². The van der Waals surface area contributed by atoms with Gasteiger partial charge in [0.2, 0.25) is 0 Å². The molecule has 0 saturated carbocycles. The third kappa shape index (κ3) is 2.56. The molecule has 1 aromatic carbocycles. The van der Waals surface area contributed by atoms with Crippen molar-refractivity contribution in [1.82, 2.24) is 4.72 Å². The highest BCUT2D eigenvalue weighted by Gasteiger charge is 2.00. The van der Waals surface area contributed by atoms with Gasteiger partial charge < -0.3 is 0 Å². The summed E-state index contributed by atoms with van der Waals surface area (Å²) >= 11 is 1.65. The van der Waals surface area contributed by atoms with Crippen molar-refractivity contribution >= 4 is 11.9 Å². The molecule has 1 aromatic rings. The highest BCUT2D eigenvalue weighted by atomic mass is 32.2. The zero-order chi connectivity index (χ0) is 8.10. The highest BCUT2D eigenvalue weighted by Crippen LogP contribution is 2.12. The Morgan fingerprint density at radius 3 is 2.45 bits per heavy atom. The number of nitrogens with one attached hydrogen (secondary N) is 1. The summed E-state index contributed by atoms with van der Waals surface area (Å²) in [5.41, 5.74) is 1.34. The minimum absolute atomic E-state index is 0.436. The fourth-order valence-corrected chi connectivity index (χ4v) is 1.48. The van der Waals surface area contributed by atoms with Crippen LogP contribution in [0.15, 0.2) is 30.3 Å². The Hall–Kier alpha value is -0.470. The smallest absolute Gasteiger partial charge is 0.0393 e. The Morgan fingerprint density at radius 1 is 1.27 bits per heavy atom. The minimum atomic E-state index is 0.436. The molecule has 0 heterocycles. The van der Waals surface area contributed by atoms with Gasteiger partial charge >= 0.3 is 0 Å². The van der Waals surface area contributed by atoms with Crippen molar-refractivity contribution in [3.8, 4) is 0 Å². The van der Waals surface area contributed by atoms with E-state index in [1.807, 2.05) is 12.3 Å². The molecule has 1 rings (SSSR count). The molecule has 2 heteroatoms. The van der Waals surface area contributed by atoms with Crippen LogP contribution < -0.4 is 4.72 Å². The summed E-state index contributed by atoms with van der Waals surface area (Å²) in [5.74, 6) is 0. The predicted octanol–water partition coefficient (Wildman–Crippen LogP) is 2.62. The standard InChI is InChI=1S/C9H13NS/c1-8(10-11-2)9-6-4-3-5-7-9/h3-8,10H,1-2H3/t8-/m1/s1. The van der Waals surface area contributed by atoms with E-state index in [0.29, 0.717) is 6.04 Å². The third-order valence-electron chi connectivity index (χ3n) is 1.59. The van der Waals surface area contributed by atoms with E-state index in [4.69, 9.17) is 0 Å². The van der Waals surface area contributed by atoms with E-state index < -0.39 is 0 Å². The van der Waals surface area contributed by atoms with Crippen molar-refractivity contribution in [2.24, 2.45) is 0 Å². The van der Waals surface area contributed by atoms with Crippen LogP contribution in [0.25, 0.3) is 0 Å².